The van der Waals surface area contributed by atoms with Crippen LogP contribution in [0.2, 0.25) is 0 Å². The third kappa shape index (κ3) is 3.46. The molecule has 4 heteroatoms. The van der Waals surface area contributed by atoms with E-state index in [9.17, 15) is 5.11 Å². The number of aliphatic hydroxyl groups is 1. The highest BCUT2D eigenvalue weighted by molar-refractivity contribution is 9.10. The zero-order chi connectivity index (χ0) is 13.1. The Kier molecular flexibility index (Phi) is 4.65. The molecule has 18 heavy (non-hydrogen) atoms. The summed E-state index contributed by atoms with van der Waals surface area (Å²) in [5, 5.41) is 9.58. The van der Waals surface area contributed by atoms with Crippen molar-refractivity contribution in [1.29, 1.82) is 0 Å². The van der Waals surface area contributed by atoms with Crippen LogP contribution in [0.1, 0.15) is 25.3 Å². The van der Waals surface area contributed by atoms with Crippen LogP contribution < -0.4 is 5.73 Å². The Bertz CT molecular complexity index is 401. The lowest BCUT2D eigenvalue weighted by Gasteiger charge is -2.33. The van der Waals surface area contributed by atoms with Gasteiger partial charge in [0.2, 0.25) is 0 Å². The molecule has 0 bridgehead atoms. The normalized spacial score (nSPS) is 19.9. The molecule has 0 aromatic heterocycles. The van der Waals surface area contributed by atoms with Gasteiger partial charge in [-0.05, 0) is 56.5 Å². The molecule has 3 N–H and O–H groups in total. The van der Waals surface area contributed by atoms with E-state index in [-0.39, 0.29) is 6.10 Å². The van der Waals surface area contributed by atoms with Crippen molar-refractivity contribution in [1.82, 2.24) is 4.90 Å². The quantitative estimate of drug-likeness (QED) is 0.844. The largest absolute Gasteiger partial charge is 0.398 e. The van der Waals surface area contributed by atoms with Crippen molar-refractivity contribution in [2.75, 3.05) is 18.8 Å². The van der Waals surface area contributed by atoms with Gasteiger partial charge in [0.15, 0.2) is 0 Å². The second-order valence-electron chi connectivity index (χ2n) is 5.20. The molecule has 0 saturated carbocycles. The zero-order valence-electron chi connectivity index (χ0n) is 10.8. The molecule has 1 aromatic rings. The molecule has 100 valence electrons. The first kappa shape index (κ1) is 13.8. The van der Waals surface area contributed by atoms with Crippen molar-refractivity contribution in [3.63, 3.8) is 0 Å². The highest BCUT2D eigenvalue weighted by Crippen LogP contribution is 2.24. The summed E-state index contributed by atoms with van der Waals surface area (Å²) in [6.07, 6.45) is 1.98. The second kappa shape index (κ2) is 6.04. The van der Waals surface area contributed by atoms with Gasteiger partial charge in [-0.3, -0.25) is 4.90 Å². The van der Waals surface area contributed by atoms with Gasteiger partial charge in [0.05, 0.1) is 6.10 Å². The van der Waals surface area contributed by atoms with E-state index in [1.54, 1.807) is 0 Å². The minimum absolute atomic E-state index is 0.176. The summed E-state index contributed by atoms with van der Waals surface area (Å²) in [5.74, 6) is 0.462. The number of hydrogen-bond acceptors (Lipinski definition) is 3. The lowest BCUT2D eigenvalue weighted by molar-refractivity contribution is 0.0696. The van der Waals surface area contributed by atoms with Gasteiger partial charge in [0, 0.05) is 16.7 Å². The number of nitrogens with two attached hydrogens (primary N) is 1. The van der Waals surface area contributed by atoms with Gasteiger partial charge in [0.1, 0.15) is 0 Å². The Balaban J connectivity index is 1.91. The highest BCUT2D eigenvalue weighted by Gasteiger charge is 2.22. The van der Waals surface area contributed by atoms with E-state index in [0.717, 1.165) is 42.6 Å². The fourth-order valence-corrected chi connectivity index (χ4v) is 2.92. The molecule has 1 fully saturated rings. The molecular formula is C14H21BrN2O. The summed E-state index contributed by atoms with van der Waals surface area (Å²) in [6, 6.07) is 6.08. The summed E-state index contributed by atoms with van der Waals surface area (Å²) >= 11 is 3.42. The number of piperidine rings is 1. The number of rotatable bonds is 3. The number of anilines is 1. The Hall–Kier alpha value is -0.580. The van der Waals surface area contributed by atoms with Crippen LogP contribution in [0.5, 0.6) is 0 Å². The molecule has 1 aliphatic heterocycles. The van der Waals surface area contributed by atoms with Gasteiger partial charge < -0.3 is 10.8 Å². The summed E-state index contributed by atoms with van der Waals surface area (Å²) in [4.78, 5) is 2.42. The van der Waals surface area contributed by atoms with E-state index in [4.69, 9.17) is 5.73 Å². The van der Waals surface area contributed by atoms with Gasteiger partial charge in [0.25, 0.3) is 0 Å². The van der Waals surface area contributed by atoms with Gasteiger partial charge in [-0.25, -0.2) is 0 Å². The smallest absolute Gasteiger partial charge is 0.0541 e. The molecule has 0 amide bonds. The van der Waals surface area contributed by atoms with Crippen LogP contribution in [-0.4, -0.2) is 29.2 Å². The van der Waals surface area contributed by atoms with E-state index < -0.39 is 0 Å². The Morgan fingerprint density at radius 3 is 2.67 bits per heavy atom. The predicted molar refractivity (Wildman–Crippen MR) is 78.2 cm³/mol. The molecule has 0 radical (unpaired) electrons. The van der Waals surface area contributed by atoms with Crippen LogP contribution in [0, 0.1) is 5.92 Å². The number of hydrogen-bond donors (Lipinski definition) is 2. The number of nitrogens with zero attached hydrogens (tertiary/aromatic N) is 1. The first-order valence-electron chi connectivity index (χ1n) is 6.50. The fraction of sp³-hybridized carbons (Fsp3) is 0.571. The van der Waals surface area contributed by atoms with E-state index >= 15 is 0 Å². The molecule has 1 saturated heterocycles. The van der Waals surface area contributed by atoms with E-state index in [1.807, 2.05) is 19.1 Å². The third-order valence-electron chi connectivity index (χ3n) is 3.82. The van der Waals surface area contributed by atoms with Crippen LogP contribution in [0.15, 0.2) is 22.7 Å². The molecule has 0 spiro atoms. The number of aliphatic hydroxyl groups excluding tert-OH is 1. The lowest BCUT2D eigenvalue weighted by Crippen LogP contribution is -2.36. The Labute approximate surface area is 117 Å². The number of likely N-dealkylation sites (tertiary alicyclic amines) is 1. The first-order valence-corrected chi connectivity index (χ1v) is 7.30. The molecule has 0 aliphatic carbocycles. The summed E-state index contributed by atoms with van der Waals surface area (Å²) < 4.78 is 1.02. The maximum atomic E-state index is 9.58. The molecule has 3 nitrogen and oxygen atoms in total. The van der Waals surface area contributed by atoms with Gasteiger partial charge in [-0.1, -0.05) is 22.0 Å². The van der Waals surface area contributed by atoms with Crippen molar-refractivity contribution in [2.24, 2.45) is 5.92 Å². The molecule has 1 unspecified atom stereocenters. The fourth-order valence-electron chi connectivity index (χ4n) is 2.54. The molecule has 1 heterocycles. The van der Waals surface area contributed by atoms with E-state index in [1.165, 1.54) is 5.56 Å². The number of benzene rings is 1. The van der Waals surface area contributed by atoms with E-state index in [0.29, 0.717) is 5.92 Å². The SMILES string of the molecule is CC(O)C1CCN(Cc2ccc(Br)cc2N)CC1. The van der Waals surface area contributed by atoms with Gasteiger partial charge >= 0.3 is 0 Å². The van der Waals surface area contributed by atoms with Crippen LogP contribution in [0.3, 0.4) is 0 Å². The molecule has 1 aliphatic rings. The third-order valence-corrected chi connectivity index (χ3v) is 4.31. The number of nitrogen functional groups attached to an aromatic ring is 1. The van der Waals surface area contributed by atoms with Crippen LogP contribution in [0.25, 0.3) is 0 Å². The summed E-state index contributed by atoms with van der Waals surface area (Å²) in [7, 11) is 0. The van der Waals surface area contributed by atoms with Crippen molar-refractivity contribution >= 4 is 21.6 Å². The Morgan fingerprint density at radius 2 is 2.11 bits per heavy atom. The maximum absolute atomic E-state index is 9.58. The van der Waals surface area contributed by atoms with Crippen molar-refractivity contribution in [3.05, 3.63) is 28.2 Å². The minimum Gasteiger partial charge on any atom is -0.398 e. The second-order valence-corrected chi connectivity index (χ2v) is 6.11. The Morgan fingerprint density at radius 1 is 1.44 bits per heavy atom. The lowest BCUT2D eigenvalue weighted by atomic mass is 9.92. The predicted octanol–water partition coefficient (Wildman–Crippen LogP) is 2.62. The minimum atomic E-state index is -0.176. The van der Waals surface area contributed by atoms with Crippen LogP contribution in [0.4, 0.5) is 5.69 Å². The van der Waals surface area contributed by atoms with Crippen LogP contribution in [-0.2, 0) is 6.54 Å². The standard InChI is InChI=1S/C14H21BrN2O/c1-10(18)11-4-6-17(7-5-11)9-12-2-3-13(15)8-14(12)16/h2-3,8,10-11,18H,4-7,9,16H2,1H3. The topological polar surface area (TPSA) is 49.5 Å². The van der Waals surface area contributed by atoms with Crippen molar-refractivity contribution in [2.45, 2.75) is 32.4 Å². The average Bonchev–Trinajstić information content (AvgIpc) is 2.33. The van der Waals surface area contributed by atoms with Gasteiger partial charge in [-0.15, -0.1) is 0 Å². The highest BCUT2D eigenvalue weighted by atomic mass is 79.9. The van der Waals surface area contributed by atoms with Crippen LogP contribution >= 0.6 is 15.9 Å². The van der Waals surface area contributed by atoms with Crippen molar-refractivity contribution in [3.8, 4) is 0 Å². The summed E-state index contributed by atoms with van der Waals surface area (Å²) in [5.41, 5.74) is 8.06. The average molecular weight is 313 g/mol. The maximum Gasteiger partial charge on any atom is 0.0541 e. The molecule has 1 aromatic carbocycles. The zero-order valence-corrected chi connectivity index (χ0v) is 12.4. The monoisotopic (exact) mass is 312 g/mol. The van der Waals surface area contributed by atoms with Gasteiger partial charge in [-0.2, -0.15) is 0 Å². The van der Waals surface area contributed by atoms with E-state index in [2.05, 4.69) is 26.9 Å². The molecular weight excluding hydrogens is 292 g/mol. The summed E-state index contributed by atoms with van der Waals surface area (Å²) in [6.45, 7) is 4.90. The van der Waals surface area contributed by atoms with Crippen molar-refractivity contribution < 1.29 is 5.11 Å². The molecule has 2 rings (SSSR count). The first-order chi connectivity index (χ1) is 8.56. The molecule has 1 atom stereocenters. The number of halogens is 1.